The summed E-state index contributed by atoms with van der Waals surface area (Å²) >= 11 is 0. The minimum atomic E-state index is -3.03. The van der Waals surface area contributed by atoms with Crippen molar-refractivity contribution in [3.63, 3.8) is 0 Å². The fourth-order valence-corrected chi connectivity index (χ4v) is 5.87. The number of nitrogens with zero attached hydrogens (tertiary/aromatic N) is 2. The number of hydrogen-bond acceptors (Lipinski definition) is 6. The van der Waals surface area contributed by atoms with E-state index in [0.29, 0.717) is 29.3 Å². The lowest BCUT2D eigenvalue weighted by molar-refractivity contribution is 0.102. The van der Waals surface area contributed by atoms with Crippen LogP contribution in [-0.4, -0.2) is 49.8 Å². The van der Waals surface area contributed by atoms with Gasteiger partial charge in [0.1, 0.15) is 0 Å². The Morgan fingerprint density at radius 3 is 2.62 bits per heavy atom. The number of benzene rings is 1. The van der Waals surface area contributed by atoms with Gasteiger partial charge in [0, 0.05) is 23.0 Å². The molecule has 1 saturated heterocycles. The molecule has 0 unspecified atom stereocenters. The summed E-state index contributed by atoms with van der Waals surface area (Å²) in [5.74, 6) is 1.08. The molecule has 0 spiro atoms. The zero-order chi connectivity index (χ0) is 20.6. The third-order valence-corrected chi connectivity index (χ3v) is 7.37. The van der Waals surface area contributed by atoms with Gasteiger partial charge in [-0.2, -0.15) is 5.10 Å². The number of ether oxygens (including phenoxy) is 2. The van der Waals surface area contributed by atoms with Gasteiger partial charge < -0.3 is 14.8 Å². The van der Waals surface area contributed by atoms with Crippen LogP contribution in [0.5, 0.6) is 11.5 Å². The van der Waals surface area contributed by atoms with Crippen molar-refractivity contribution < 1.29 is 22.7 Å². The largest absolute Gasteiger partial charge is 0.493 e. The second-order valence-electron chi connectivity index (χ2n) is 7.51. The lowest BCUT2D eigenvalue weighted by Crippen LogP contribution is -2.17. The number of methoxy groups -OCH3 is 2. The molecule has 1 aliphatic carbocycles. The van der Waals surface area contributed by atoms with Gasteiger partial charge in [-0.1, -0.05) is 0 Å². The summed E-state index contributed by atoms with van der Waals surface area (Å²) in [6.07, 6.45) is 4.17. The number of sulfone groups is 1. The van der Waals surface area contributed by atoms with Gasteiger partial charge in [0.25, 0.3) is 5.91 Å². The van der Waals surface area contributed by atoms with Crippen molar-refractivity contribution in [2.75, 3.05) is 31.0 Å². The second kappa shape index (κ2) is 7.70. The van der Waals surface area contributed by atoms with Crippen molar-refractivity contribution >= 4 is 21.4 Å². The summed E-state index contributed by atoms with van der Waals surface area (Å²) in [5, 5.41) is 7.48. The summed E-state index contributed by atoms with van der Waals surface area (Å²) in [4.78, 5) is 13.0. The fourth-order valence-electron chi connectivity index (χ4n) is 4.18. The van der Waals surface area contributed by atoms with Crippen LogP contribution in [0.15, 0.2) is 18.2 Å². The van der Waals surface area contributed by atoms with E-state index in [1.54, 1.807) is 25.3 Å². The quantitative estimate of drug-likeness (QED) is 0.799. The molecule has 1 aromatic carbocycles. The number of amides is 1. The van der Waals surface area contributed by atoms with E-state index >= 15 is 0 Å². The molecule has 2 aliphatic rings. The third kappa shape index (κ3) is 3.83. The number of hydrogen-bond donors (Lipinski definition) is 1. The molecule has 1 atom stereocenters. The SMILES string of the molecule is COc1ccc(NC(=O)c2nn([C@H]3CCS(=O)(=O)C3)c3c2CCCC3)cc1OC. The van der Waals surface area contributed by atoms with E-state index in [2.05, 4.69) is 10.4 Å². The third-order valence-electron chi connectivity index (χ3n) is 5.62. The van der Waals surface area contributed by atoms with Crippen LogP contribution in [-0.2, 0) is 22.7 Å². The monoisotopic (exact) mass is 419 g/mol. The predicted molar refractivity (Wildman–Crippen MR) is 109 cm³/mol. The Hall–Kier alpha value is -2.55. The maximum Gasteiger partial charge on any atom is 0.276 e. The van der Waals surface area contributed by atoms with Crippen LogP contribution in [0, 0.1) is 0 Å². The van der Waals surface area contributed by atoms with E-state index in [4.69, 9.17) is 9.47 Å². The topological polar surface area (TPSA) is 99.5 Å². The van der Waals surface area contributed by atoms with E-state index < -0.39 is 9.84 Å². The normalized spacial score (nSPS) is 20.1. The van der Waals surface area contributed by atoms with Gasteiger partial charge >= 0.3 is 0 Å². The summed E-state index contributed by atoms with van der Waals surface area (Å²) in [6.45, 7) is 0. The first kappa shape index (κ1) is 19.8. The molecular formula is C20H25N3O5S. The van der Waals surface area contributed by atoms with Crippen molar-refractivity contribution in [3.8, 4) is 11.5 Å². The van der Waals surface area contributed by atoms with Crippen molar-refractivity contribution in [1.29, 1.82) is 0 Å². The summed E-state index contributed by atoms with van der Waals surface area (Å²) in [5.41, 5.74) is 2.92. The second-order valence-corrected chi connectivity index (χ2v) is 9.73. The lowest BCUT2D eigenvalue weighted by atomic mass is 9.95. The van der Waals surface area contributed by atoms with Gasteiger partial charge in [0.15, 0.2) is 27.0 Å². The number of fused-ring (bicyclic) bond motifs is 1. The molecule has 1 N–H and O–H groups in total. The number of aromatic nitrogens is 2. The molecule has 4 rings (SSSR count). The van der Waals surface area contributed by atoms with Gasteiger partial charge in [-0.05, 0) is 44.2 Å². The van der Waals surface area contributed by atoms with Crippen LogP contribution in [0.1, 0.15) is 47.1 Å². The van der Waals surface area contributed by atoms with Crippen LogP contribution >= 0.6 is 0 Å². The van der Waals surface area contributed by atoms with E-state index in [0.717, 1.165) is 36.9 Å². The van der Waals surface area contributed by atoms with Crippen LogP contribution in [0.2, 0.25) is 0 Å². The number of nitrogens with one attached hydrogen (secondary N) is 1. The Labute approximate surface area is 170 Å². The van der Waals surface area contributed by atoms with Crippen LogP contribution in [0.3, 0.4) is 0 Å². The minimum Gasteiger partial charge on any atom is -0.493 e. The van der Waals surface area contributed by atoms with Gasteiger partial charge in [-0.15, -0.1) is 0 Å². The Bertz CT molecular complexity index is 1040. The molecule has 156 valence electrons. The van der Waals surface area contributed by atoms with Gasteiger partial charge in [0.2, 0.25) is 0 Å². The maximum atomic E-state index is 13.0. The first-order chi connectivity index (χ1) is 13.9. The van der Waals surface area contributed by atoms with E-state index in [-0.39, 0.29) is 23.5 Å². The van der Waals surface area contributed by atoms with Crippen molar-refractivity contribution in [1.82, 2.24) is 9.78 Å². The zero-order valence-electron chi connectivity index (χ0n) is 16.6. The highest BCUT2D eigenvalue weighted by atomic mass is 32.2. The van der Waals surface area contributed by atoms with Crippen molar-refractivity contribution in [2.45, 2.75) is 38.1 Å². The number of carbonyl (C=O) groups excluding carboxylic acids is 1. The molecule has 0 saturated carbocycles. The highest BCUT2D eigenvalue weighted by Crippen LogP contribution is 2.33. The first-order valence-electron chi connectivity index (χ1n) is 9.76. The van der Waals surface area contributed by atoms with Crippen molar-refractivity contribution in [2.24, 2.45) is 0 Å². The molecule has 8 nitrogen and oxygen atoms in total. The lowest BCUT2D eigenvalue weighted by Gasteiger charge is -2.17. The summed E-state index contributed by atoms with van der Waals surface area (Å²) in [7, 11) is 0.0615. The molecule has 9 heteroatoms. The van der Waals surface area contributed by atoms with Gasteiger partial charge in [0.05, 0.1) is 31.8 Å². The van der Waals surface area contributed by atoms with Crippen LogP contribution < -0.4 is 14.8 Å². The standard InChI is InChI=1S/C20H25N3O5S/c1-27-17-8-7-13(11-18(17)28-2)21-20(24)19-15-5-3-4-6-16(15)23(22-19)14-9-10-29(25,26)12-14/h7-8,11,14H,3-6,9-10,12H2,1-2H3,(H,21,24)/t14-/m0/s1. The van der Waals surface area contributed by atoms with Crippen LogP contribution in [0.4, 0.5) is 5.69 Å². The van der Waals surface area contributed by atoms with Crippen LogP contribution in [0.25, 0.3) is 0 Å². The molecule has 0 radical (unpaired) electrons. The van der Waals surface area contributed by atoms with Gasteiger partial charge in [-0.3, -0.25) is 9.48 Å². The highest BCUT2D eigenvalue weighted by molar-refractivity contribution is 7.91. The molecule has 1 aliphatic heterocycles. The Balaban J connectivity index is 1.64. The molecular weight excluding hydrogens is 394 g/mol. The van der Waals surface area contributed by atoms with E-state index in [1.165, 1.54) is 7.11 Å². The smallest absolute Gasteiger partial charge is 0.276 e. The Kier molecular flexibility index (Phi) is 5.24. The summed E-state index contributed by atoms with van der Waals surface area (Å²) < 4.78 is 36.2. The molecule has 0 bridgehead atoms. The average molecular weight is 420 g/mol. The first-order valence-corrected chi connectivity index (χ1v) is 11.6. The Morgan fingerprint density at radius 1 is 1.17 bits per heavy atom. The molecule has 1 aromatic heterocycles. The Morgan fingerprint density at radius 2 is 1.93 bits per heavy atom. The number of carbonyl (C=O) groups is 1. The van der Waals surface area contributed by atoms with E-state index in [1.807, 2.05) is 4.68 Å². The molecule has 29 heavy (non-hydrogen) atoms. The van der Waals surface area contributed by atoms with Crippen molar-refractivity contribution in [3.05, 3.63) is 35.2 Å². The van der Waals surface area contributed by atoms with Gasteiger partial charge in [-0.25, -0.2) is 8.42 Å². The molecule has 2 aromatic rings. The molecule has 1 amide bonds. The maximum absolute atomic E-state index is 13.0. The zero-order valence-corrected chi connectivity index (χ0v) is 17.4. The average Bonchev–Trinajstić information content (AvgIpc) is 3.27. The number of rotatable bonds is 5. The highest BCUT2D eigenvalue weighted by Gasteiger charge is 2.34. The predicted octanol–water partition coefficient (Wildman–Crippen LogP) is 2.39. The fraction of sp³-hybridized carbons (Fsp3) is 0.500. The van der Waals surface area contributed by atoms with E-state index in [9.17, 15) is 13.2 Å². The summed E-state index contributed by atoms with van der Waals surface area (Å²) in [6, 6.07) is 4.98. The molecule has 2 heterocycles. The molecule has 1 fully saturated rings. The number of anilines is 1. The minimum absolute atomic E-state index is 0.0951.